The van der Waals surface area contributed by atoms with Gasteiger partial charge >= 0.3 is 0 Å². The van der Waals surface area contributed by atoms with Gasteiger partial charge in [0.15, 0.2) is 0 Å². The zero-order valence-electron chi connectivity index (χ0n) is 13.9. The van der Waals surface area contributed by atoms with Gasteiger partial charge in [-0.05, 0) is 24.3 Å². The van der Waals surface area contributed by atoms with E-state index in [0.29, 0.717) is 17.3 Å². The fraction of sp³-hybridized carbons (Fsp3) is 0. The number of hydrogen-bond donors (Lipinski definition) is 1. The van der Waals surface area contributed by atoms with Crippen molar-refractivity contribution in [1.82, 2.24) is 4.98 Å². The van der Waals surface area contributed by atoms with Crippen molar-refractivity contribution in [1.29, 1.82) is 0 Å². The first-order chi connectivity index (χ1) is 12.8. The molecule has 0 atom stereocenters. The lowest BCUT2D eigenvalue weighted by Crippen LogP contribution is -2.12. The minimum absolute atomic E-state index is 0.193. The second-order valence-electron chi connectivity index (χ2n) is 5.75. The highest BCUT2D eigenvalue weighted by atomic mass is 16.4. The molecule has 0 aliphatic rings. The van der Waals surface area contributed by atoms with Gasteiger partial charge < -0.3 is 9.73 Å². The van der Waals surface area contributed by atoms with Crippen LogP contribution in [0.15, 0.2) is 95.4 Å². The van der Waals surface area contributed by atoms with E-state index >= 15 is 0 Å². The van der Waals surface area contributed by atoms with Crippen molar-refractivity contribution in [2.45, 2.75) is 0 Å². The van der Waals surface area contributed by atoms with Crippen LogP contribution in [0, 0.1) is 0 Å². The van der Waals surface area contributed by atoms with Gasteiger partial charge in [-0.2, -0.15) is 0 Å². The number of aromatic nitrogens is 1. The molecule has 126 valence electrons. The van der Waals surface area contributed by atoms with E-state index in [1.807, 2.05) is 91.0 Å². The maximum atomic E-state index is 12.8. The van der Waals surface area contributed by atoms with Crippen LogP contribution >= 0.6 is 0 Å². The molecule has 4 rings (SSSR count). The fourth-order valence-electron chi connectivity index (χ4n) is 2.68. The summed E-state index contributed by atoms with van der Waals surface area (Å²) in [6, 6.07) is 28.4. The molecule has 0 bridgehead atoms. The second kappa shape index (κ2) is 7.07. The smallest absolute Gasteiger partial charge is 0.293 e. The van der Waals surface area contributed by atoms with E-state index in [9.17, 15) is 4.79 Å². The molecule has 1 heterocycles. The molecule has 4 aromatic rings. The summed E-state index contributed by atoms with van der Waals surface area (Å²) in [6.07, 6.45) is 0. The maximum absolute atomic E-state index is 12.8. The molecule has 0 aliphatic carbocycles. The van der Waals surface area contributed by atoms with Crippen molar-refractivity contribution >= 4 is 11.6 Å². The number of nitrogens with zero attached hydrogens (tertiary/aromatic N) is 1. The molecule has 0 fully saturated rings. The Bertz CT molecular complexity index is 1010. The van der Waals surface area contributed by atoms with Gasteiger partial charge in [0.1, 0.15) is 5.69 Å². The van der Waals surface area contributed by atoms with E-state index in [1.54, 1.807) is 0 Å². The molecule has 4 nitrogen and oxygen atoms in total. The number of benzene rings is 3. The third-order valence-corrected chi connectivity index (χ3v) is 3.93. The van der Waals surface area contributed by atoms with Crippen molar-refractivity contribution in [3.05, 3.63) is 96.8 Å². The highest BCUT2D eigenvalue weighted by Crippen LogP contribution is 2.29. The number of carbonyl (C=O) groups excluding carboxylic acids is 1. The summed E-state index contributed by atoms with van der Waals surface area (Å²) in [5.74, 6) is 0.284. The number of nitrogens with one attached hydrogen (secondary N) is 1. The third kappa shape index (κ3) is 3.26. The SMILES string of the molecule is O=C(Nc1ccccc1)c1oc(-c2ccccc2)nc1-c1ccccc1. The van der Waals surface area contributed by atoms with Crippen molar-refractivity contribution in [2.75, 3.05) is 5.32 Å². The summed E-state index contributed by atoms with van der Waals surface area (Å²) < 4.78 is 5.87. The minimum Gasteiger partial charge on any atom is -0.430 e. The monoisotopic (exact) mass is 340 g/mol. The first kappa shape index (κ1) is 15.8. The van der Waals surface area contributed by atoms with E-state index in [4.69, 9.17) is 4.42 Å². The molecule has 1 N–H and O–H groups in total. The topological polar surface area (TPSA) is 55.1 Å². The zero-order chi connectivity index (χ0) is 17.8. The summed E-state index contributed by atoms with van der Waals surface area (Å²) in [4.78, 5) is 17.4. The average molecular weight is 340 g/mol. The third-order valence-electron chi connectivity index (χ3n) is 3.93. The quantitative estimate of drug-likeness (QED) is 0.551. The first-order valence-electron chi connectivity index (χ1n) is 8.29. The van der Waals surface area contributed by atoms with Crippen molar-refractivity contribution in [3.63, 3.8) is 0 Å². The Kier molecular flexibility index (Phi) is 4.31. The van der Waals surface area contributed by atoms with Crippen LogP contribution in [0.25, 0.3) is 22.7 Å². The van der Waals surface area contributed by atoms with Crippen LogP contribution in [0.5, 0.6) is 0 Å². The van der Waals surface area contributed by atoms with Crippen LogP contribution in [-0.4, -0.2) is 10.9 Å². The Labute approximate surface area is 151 Å². The van der Waals surface area contributed by atoms with Crippen molar-refractivity contribution < 1.29 is 9.21 Å². The van der Waals surface area contributed by atoms with E-state index in [1.165, 1.54) is 0 Å². The van der Waals surface area contributed by atoms with Crippen LogP contribution in [0.2, 0.25) is 0 Å². The molecule has 0 saturated carbocycles. The molecule has 1 aromatic heterocycles. The lowest BCUT2D eigenvalue weighted by atomic mass is 10.1. The molecule has 26 heavy (non-hydrogen) atoms. The standard InChI is InChI=1S/C22H16N2O2/c25-21(23-18-14-8-3-9-15-18)20-19(16-10-4-1-5-11-16)24-22(26-20)17-12-6-2-7-13-17/h1-15H,(H,23,25). The number of rotatable bonds is 4. The Hall–Kier alpha value is -3.66. The molecule has 0 radical (unpaired) electrons. The Morgan fingerprint density at radius 2 is 1.27 bits per heavy atom. The molecular formula is C22H16N2O2. The summed E-state index contributed by atoms with van der Waals surface area (Å²) >= 11 is 0. The van der Waals surface area contributed by atoms with Gasteiger partial charge in [0.05, 0.1) is 0 Å². The largest absolute Gasteiger partial charge is 0.430 e. The van der Waals surface area contributed by atoms with Gasteiger partial charge in [-0.1, -0.05) is 66.7 Å². The molecule has 0 aliphatic heterocycles. The van der Waals surface area contributed by atoms with Crippen LogP contribution in [0.3, 0.4) is 0 Å². The van der Waals surface area contributed by atoms with Crippen molar-refractivity contribution in [2.24, 2.45) is 0 Å². The van der Waals surface area contributed by atoms with E-state index in [-0.39, 0.29) is 11.7 Å². The van der Waals surface area contributed by atoms with Crippen LogP contribution in [-0.2, 0) is 0 Å². The highest BCUT2D eigenvalue weighted by Gasteiger charge is 2.22. The summed E-state index contributed by atoms with van der Waals surface area (Å²) in [6.45, 7) is 0. The lowest BCUT2D eigenvalue weighted by molar-refractivity contribution is 0.0998. The average Bonchev–Trinajstić information content (AvgIpc) is 3.16. The van der Waals surface area contributed by atoms with Gasteiger partial charge in [-0.25, -0.2) is 4.98 Å². The van der Waals surface area contributed by atoms with Gasteiger partial charge in [0.25, 0.3) is 5.91 Å². The van der Waals surface area contributed by atoms with E-state index in [2.05, 4.69) is 10.3 Å². The van der Waals surface area contributed by atoms with Gasteiger partial charge in [-0.15, -0.1) is 0 Å². The molecule has 4 heteroatoms. The van der Waals surface area contributed by atoms with Crippen LogP contribution in [0.4, 0.5) is 5.69 Å². The minimum atomic E-state index is -0.329. The highest BCUT2D eigenvalue weighted by molar-refractivity contribution is 6.06. The number of oxazole rings is 1. The summed E-state index contributed by atoms with van der Waals surface area (Å²) in [7, 11) is 0. The molecule has 0 saturated heterocycles. The Morgan fingerprint density at radius 1 is 0.731 bits per heavy atom. The van der Waals surface area contributed by atoms with Gasteiger partial charge in [0.2, 0.25) is 11.7 Å². The normalized spacial score (nSPS) is 10.5. The number of carbonyl (C=O) groups is 1. The van der Waals surface area contributed by atoms with E-state index < -0.39 is 0 Å². The van der Waals surface area contributed by atoms with Crippen LogP contribution in [0.1, 0.15) is 10.6 Å². The van der Waals surface area contributed by atoms with E-state index in [0.717, 1.165) is 11.1 Å². The van der Waals surface area contributed by atoms with Gasteiger partial charge in [-0.3, -0.25) is 4.79 Å². The first-order valence-corrected chi connectivity index (χ1v) is 8.29. The summed E-state index contributed by atoms with van der Waals surface area (Å²) in [5, 5.41) is 2.86. The number of hydrogen-bond acceptors (Lipinski definition) is 3. The molecule has 0 unspecified atom stereocenters. The number of amides is 1. The Balaban J connectivity index is 1.77. The molecular weight excluding hydrogens is 324 g/mol. The Morgan fingerprint density at radius 3 is 1.88 bits per heavy atom. The lowest BCUT2D eigenvalue weighted by Gasteiger charge is -2.04. The zero-order valence-corrected chi connectivity index (χ0v) is 13.9. The summed E-state index contributed by atoms with van der Waals surface area (Å²) in [5.41, 5.74) is 2.88. The second-order valence-corrected chi connectivity index (χ2v) is 5.75. The predicted octanol–water partition coefficient (Wildman–Crippen LogP) is 5.26. The van der Waals surface area contributed by atoms with Gasteiger partial charge in [0, 0.05) is 16.8 Å². The molecule has 3 aromatic carbocycles. The number of anilines is 1. The fourth-order valence-corrected chi connectivity index (χ4v) is 2.68. The molecule has 1 amide bonds. The maximum Gasteiger partial charge on any atom is 0.293 e. The van der Waals surface area contributed by atoms with Crippen molar-refractivity contribution in [3.8, 4) is 22.7 Å². The predicted molar refractivity (Wildman–Crippen MR) is 102 cm³/mol. The molecule has 0 spiro atoms. The number of para-hydroxylation sites is 1. The van der Waals surface area contributed by atoms with Crippen LogP contribution < -0.4 is 5.32 Å².